The summed E-state index contributed by atoms with van der Waals surface area (Å²) in [6.45, 7) is 0.617. The molecule has 0 aliphatic heterocycles. The highest BCUT2D eigenvalue weighted by molar-refractivity contribution is 6.34. The monoisotopic (exact) mass is 400 g/mol. The van der Waals surface area contributed by atoms with Crippen LogP contribution >= 0.6 is 11.6 Å². The Morgan fingerprint density at radius 3 is 2.30 bits per heavy atom. The van der Waals surface area contributed by atoms with E-state index in [1.54, 1.807) is 0 Å². The van der Waals surface area contributed by atoms with Crippen LogP contribution in [-0.2, 0) is 11.3 Å². The van der Waals surface area contributed by atoms with Crippen molar-refractivity contribution in [2.45, 2.75) is 25.2 Å². The maximum Gasteiger partial charge on any atom is 0.426 e. The standard InChI is InChI=1S/C18H16ClF3N2O3/c1-17(27,18(20,21)22)16(26)24-14-8-7-12(9-13(14)19)15(25)23-10-11-5-3-2-4-6-11/h2-9,27H,10H2,1H3,(H,23,25)(H,24,26)/t17-/m1/s1. The Hall–Kier alpha value is -2.58. The van der Waals surface area contributed by atoms with E-state index in [4.69, 9.17) is 11.6 Å². The molecule has 2 rings (SSSR count). The molecule has 0 aromatic heterocycles. The second-order valence-corrected chi connectivity index (χ2v) is 6.29. The van der Waals surface area contributed by atoms with Crippen molar-refractivity contribution in [2.75, 3.05) is 5.32 Å². The number of amides is 2. The lowest BCUT2D eigenvalue weighted by atomic mass is 10.1. The number of carbonyl (C=O) groups excluding carboxylic acids is 2. The van der Waals surface area contributed by atoms with Crippen LogP contribution in [0.3, 0.4) is 0 Å². The summed E-state index contributed by atoms with van der Waals surface area (Å²) in [5.41, 5.74) is -2.69. The first kappa shape index (κ1) is 20.7. The van der Waals surface area contributed by atoms with Crippen LogP contribution in [0.25, 0.3) is 0 Å². The first-order chi connectivity index (χ1) is 12.5. The van der Waals surface area contributed by atoms with E-state index >= 15 is 0 Å². The summed E-state index contributed by atoms with van der Waals surface area (Å²) in [6, 6.07) is 12.8. The SMILES string of the molecule is C[C@@](O)(C(=O)Nc1ccc(C(=O)NCc2ccccc2)cc1Cl)C(F)(F)F. The minimum atomic E-state index is -5.15. The number of rotatable bonds is 5. The summed E-state index contributed by atoms with van der Waals surface area (Å²) in [5.74, 6) is -2.13. The largest absolute Gasteiger partial charge is 0.426 e. The molecule has 0 bridgehead atoms. The third-order valence-corrected chi connectivity index (χ3v) is 4.08. The third-order valence-electron chi connectivity index (χ3n) is 3.77. The maximum atomic E-state index is 12.7. The molecule has 0 spiro atoms. The zero-order chi connectivity index (χ0) is 20.2. The number of carbonyl (C=O) groups is 2. The smallest absolute Gasteiger partial charge is 0.373 e. The predicted molar refractivity (Wildman–Crippen MR) is 94.4 cm³/mol. The van der Waals surface area contributed by atoms with E-state index in [9.17, 15) is 27.9 Å². The van der Waals surface area contributed by atoms with Gasteiger partial charge in [0.05, 0.1) is 10.7 Å². The van der Waals surface area contributed by atoms with Crippen molar-refractivity contribution in [1.82, 2.24) is 5.32 Å². The minimum absolute atomic E-state index is 0.145. The van der Waals surface area contributed by atoms with Gasteiger partial charge < -0.3 is 15.7 Å². The van der Waals surface area contributed by atoms with Crippen molar-refractivity contribution in [3.05, 3.63) is 64.7 Å². The highest BCUT2D eigenvalue weighted by atomic mass is 35.5. The van der Waals surface area contributed by atoms with Gasteiger partial charge >= 0.3 is 6.18 Å². The minimum Gasteiger partial charge on any atom is -0.373 e. The molecule has 0 radical (unpaired) electrons. The number of halogens is 4. The lowest BCUT2D eigenvalue weighted by Crippen LogP contribution is -2.52. The number of hydrogen-bond donors (Lipinski definition) is 3. The number of hydrogen-bond acceptors (Lipinski definition) is 3. The lowest BCUT2D eigenvalue weighted by Gasteiger charge is -2.25. The summed E-state index contributed by atoms with van der Waals surface area (Å²) < 4.78 is 38.1. The number of aliphatic hydroxyl groups is 1. The van der Waals surface area contributed by atoms with Gasteiger partial charge in [-0.05, 0) is 30.7 Å². The second-order valence-electron chi connectivity index (χ2n) is 5.89. The van der Waals surface area contributed by atoms with Crippen molar-refractivity contribution in [1.29, 1.82) is 0 Å². The number of alkyl halides is 3. The Balaban J connectivity index is 2.06. The van der Waals surface area contributed by atoms with Gasteiger partial charge in [-0.25, -0.2) is 0 Å². The Morgan fingerprint density at radius 1 is 1.11 bits per heavy atom. The molecule has 2 amide bonds. The second kappa shape index (κ2) is 7.98. The lowest BCUT2D eigenvalue weighted by molar-refractivity contribution is -0.242. The van der Waals surface area contributed by atoms with Crippen LogP contribution in [0.4, 0.5) is 18.9 Å². The van der Waals surface area contributed by atoms with Crippen molar-refractivity contribution < 1.29 is 27.9 Å². The molecule has 0 saturated heterocycles. The molecule has 2 aromatic carbocycles. The van der Waals surface area contributed by atoms with Gasteiger partial charge in [0.15, 0.2) is 0 Å². The van der Waals surface area contributed by atoms with Gasteiger partial charge in [-0.1, -0.05) is 41.9 Å². The molecule has 9 heteroatoms. The van der Waals surface area contributed by atoms with Gasteiger partial charge in [0, 0.05) is 12.1 Å². The van der Waals surface area contributed by atoms with Crippen molar-refractivity contribution in [3.8, 4) is 0 Å². The fourth-order valence-electron chi connectivity index (χ4n) is 2.01. The van der Waals surface area contributed by atoms with Crippen LogP contribution < -0.4 is 10.6 Å². The van der Waals surface area contributed by atoms with E-state index in [1.165, 1.54) is 18.2 Å². The quantitative estimate of drug-likeness (QED) is 0.718. The summed E-state index contributed by atoms with van der Waals surface area (Å²) in [6.07, 6.45) is -5.15. The molecule has 3 N–H and O–H groups in total. The normalized spacial score (nSPS) is 13.6. The molecule has 0 saturated carbocycles. The van der Waals surface area contributed by atoms with Crippen LogP contribution in [0.2, 0.25) is 5.02 Å². The molecular weight excluding hydrogens is 385 g/mol. The first-order valence-electron chi connectivity index (χ1n) is 7.74. The Labute approximate surface area is 158 Å². The summed E-state index contributed by atoms with van der Waals surface area (Å²) in [7, 11) is 0. The van der Waals surface area contributed by atoms with Crippen LogP contribution in [0, 0.1) is 0 Å². The highest BCUT2D eigenvalue weighted by Crippen LogP contribution is 2.32. The average molecular weight is 401 g/mol. The summed E-state index contributed by atoms with van der Waals surface area (Å²) >= 11 is 5.94. The van der Waals surface area contributed by atoms with Gasteiger partial charge in [-0.15, -0.1) is 0 Å². The van der Waals surface area contributed by atoms with Crippen LogP contribution in [-0.4, -0.2) is 28.7 Å². The van der Waals surface area contributed by atoms with E-state index in [0.717, 1.165) is 5.56 Å². The Bertz CT molecular complexity index is 839. The molecule has 0 aliphatic carbocycles. The zero-order valence-electron chi connectivity index (χ0n) is 14.1. The van der Waals surface area contributed by atoms with Gasteiger partial charge in [0.2, 0.25) is 5.60 Å². The van der Waals surface area contributed by atoms with E-state index in [1.807, 2.05) is 35.6 Å². The zero-order valence-corrected chi connectivity index (χ0v) is 14.9. The van der Waals surface area contributed by atoms with E-state index in [-0.39, 0.29) is 22.8 Å². The predicted octanol–water partition coefficient (Wildman–Crippen LogP) is 3.52. The first-order valence-corrected chi connectivity index (χ1v) is 8.12. The molecule has 2 aromatic rings. The van der Waals surface area contributed by atoms with E-state index in [2.05, 4.69) is 5.32 Å². The van der Waals surface area contributed by atoms with Crippen molar-refractivity contribution in [3.63, 3.8) is 0 Å². The number of benzene rings is 2. The summed E-state index contributed by atoms with van der Waals surface area (Å²) in [5, 5.41) is 13.8. The molecular formula is C18H16ClF3N2O3. The molecule has 0 heterocycles. The molecule has 144 valence electrons. The molecule has 0 unspecified atom stereocenters. The maximum absolute atomic E-state index is 12.7. The van der Waals surface area contributed by atoms with Gasteiger partial charge in [0.1, 0.15) is 0 Å². The van der Waals surface area contributed by atoms with Gasteiger partial charge in [-0.2, -0.15) is 13.2 Å². The molecule has 5 nitrogen and oxygen atoms in total. The molecule has 0 aliphatic rings. The van der Waals surface area contributed by atoms with Crippen molar-refractivity contribution in [2.24, 2.45) is 0 Å². The van der Waals surface area contributed by atoms with Gasteiger partial charge in [0.25, 0.3) is 11.8 Å². The van der Waals surface area contributed by atoms with Gasteiger partial charge in [-0.3, -0.25) is 9.59 Å². The third kappa shape index (κ3) is 4.99. The van der Waals surface area contributed by atoms with Crippen molar-refractivity contribution >= 4 is 29.1 Å². The number of anilines is 1. The van der Waals surface area contributed by atoms with Crippen LogP contribution in [0.15, 0.2) is 48.5 Å². The van der Waals surface area contributed by atoms with Crippen LogP contribution in [0.1, 0.15) is 22.8 Å². The topological polar surface area (TPSA) is 78.4 Å². The number of nitrogens with one attached hydrogen (secondary N) is 2. The fourth-order valence-corrected chi connectivity index (χ4v) is 2.24. The van der Waals surface area contributed by atoms with E-state index in [0.29, 0.717) is 6.92 Å². The fraction of sp³-hybridized carbons (Fsp3) is 0.222. The average Bonchev–Trinajstić information content (AvgIpc) is 2.61. The van der Waals surface area contributed by atoms with E-state index < -0.39 is 23.6 Å². The molecule has 0 fully saturated rings. The summed E-state index contributed by atoms with van der Waals surface area (Å²) in [4.78, 5) is 23.8. The molecule has 27 heavy (non-hydrogen) atoms. The Morgan fingerprint density at radius 2 is 1.74 bits per heavy atom. The Kier molecular flexibility index (Phi) is 6.12. The highest BCUT2D eigenvalue weighted by Gasteiger charge is 2.55. The molecule has 1 atom stereocenters. The van der Waals surface area contributed by atoms with Crippen LogP contribution in [0.5, 0.6) is 0 Å².